The summed E-state index contributed by atoms with van der Waals surface area (Å²) in [6.07, 6.45) is 68.6. The number of esters is 3. The number of phosphoric ester groups is 1. The summed E-state index contributed by atoms with van der Waals surface area (Å²) in [5.41, 5.74) is 0. The molecule has 0 bridgehead atoms. The van der Waals surface area contributed by atoms with E-state index in [1.54, 1.807) is 0 Å². The average molecular weight is 1120 g/mol. The van der Waals surface area contributed by atoms with Crippen molar-refractivity contribution in [3.8, 4) is 0 Å². The molecule has 0 spiro atoms. The molecule has 452 valence electrons. The SMILES string of the molecule is CC/C=C\C/C=C\C/C=C\C/C=C\CCCCC(=O)OCC(COP(=O)(O)OCC(CO)OC(=O)CCCCCCCCCCCCCCCCCCC)OC(=O)CCCCCCCCCCC/C=C\C/C=C\CCCCC. The predicted molar refractivity (Wildman–Crippen MR) is 325 cm³/mol. The van der Waals surface area contributed by atoms with Crippen LogP contribution in [0.5, 0.6) is 0 Å². The van der Waals surface area contributed by atoms with Gasteiger partial charge >= 0.3 is 25.7 Å². The van der Waals surface area contributed by atoms with Crippen molar-refractivity contribution in [2.75, 3.05) is 26.4 Å². The molecule has 0 saturated heterocycles. The summed E-state index contributed by atoms with van der Waals surface area (Å²) >= 11 is 0. The molecule has 0 amide bonds. The van der Waals surface area contributed by atoms with Crippen LogP contribution >= 0.6 is 7.82 Å². The summed E-state index contributed by atoms with van der Waals surface area (Å²) in [6.45, 7) is 4.50. The fraction of sp³-hybridized carbons (Fsp3) is 0.773. The maximum atomic E-state index is 12.9. The molecule has 2 N–H and O–H groups in total. The number of phosphoric acid groups is 1. The van der Waals surface area contributed by atoms with E-state index in [1.807, 2.05) is 0 Å². The molecular weight excluding hydrogens is 1000 g/mol. The van der Waals surface area contributed by atoms with E-state index in [0.717, 1.165) is 89.9 Å². The second kappa shape index (κ2) is 60.0. The molecule has 0 radical (unpaired) electrons. The van der Waals surface area contributed by atoms with Crippen molar-refractivity contribution in [1.29, 1.82) is 0 Å². The van der Waals surface area contributed by atoms with Gasteiger partial charge in [0.15, 0.2) is 6.10 Å². The number of aliphatic hydroxyl groups excluding tert-OH is 1. The van der Waals surface area contributed by atoms with Crippen LogP contribution in [0, 0.1) is 0 Å². The zero-order chi connectivity index (χ0) is 56.9. The van der Waals surface area contributed by atoms with Crippen molar-refractivity contribution in [2.24, 2.45) is 0 Å². The second-order valence-electron chi connectivity index (χ2n) is 21.2. The largest absolute Gasteiger partial charge is 0.472 e. The Kier molecular flexibility index (Phi) is 57.7. The first-order chi connectivity index (χ1) is 38.2. The lowest BCUT2D eigenvalue weighted by atomic mass is 10.0. The highest BCUT2D eigenvalue weighted by atomic mass is 31.2. The number of aliphatic hydroxyl groups is 1. The summed E-state index contributed by atoms with van der Waals surface area (Å²) in [4.78, 5) is 48.7. The van der Waals surface area contributed by atoms with Crippen LogP contribution in [0.15, 0.2) is 72.9 Å². The molecule has 11 nitrogen and oxygen atoms in total. The van der Waals surface area contributed by atoms with Gasteiger partial charge in [-0.05, 0) is 89.9 Å². The van der Waals surface area contributed by atoms with Crippen molar-refractivity contribution >= 4 is 25.7 Å². The Hall–Kier alpha value is -3.08. The Morgan fingerprint density at radius 3 is 1.08 bits per heavy atom. The first-order valence-corrected chi connectivity index (χ1v) is 33.3. The molecule has 0 saturated carbocycles. The van der Waals surface area contributed by atoms with Gasteiger partial charge < -0.3 is 24.2 Å². The highest BCUT2D eigenvalue weighted by Crippen LogP contribution is 2.43. The van der Waals surface area contributed by atoms with Crippen molar-refractivity contribution < 1.29 is 52.2 Å². The number of hydrogen-bond donors (Lipinski definition) is 2. The van der Waals surface area contributed by atoms with Crippen LogP contribution in [0.25, 0.3) is 0 Å². The maximum absolute atomic E-state index is 12.9. The Balaban J connectivity index is 4.71. The predicted octanol–water partition coefficient (Wildman–Crippen LogP) is 19.3. The molecule has 0 aliphatic carbocycles. The normalized spacial score (nSPS) is 13.8. The zero-order valence-electron chi connectivity index (χ0n) is 50.1. The van der Waals surface area contributed by atoms with E-state index in [-0.39, 0.29) is 25.9 Å². The monoisotopic (exact) mass is 1120 g/mol. The Bertz CT molecular complexity index is 1590. The van der Waals surface area contributed by atoms with Crippen LogP contribution in [-0.2, 0) is 42.2 Å². The van der Waals surface area contributed by atoms with E-state index in [9.17, 15) is 28.9 Å². The molecule has 0 aromatic heterocycles. The van der Waals surface area contributed by atoms with Gasteiger partial charge in [-0.2, -0.15) is 0 Å². The van der Waals surface area contributed by atoms with Gasteiger partial charge in [0.25, 0.3) is 0 Å². The van der Waals surface area contributed by atoms with Gasteiger partial charge in [0.05, 0.1) is 19.8 Å². The molecule has 0 aliphatic heterocycles. The molecule has 12 heteroatoms. The van der Waals surface area contributed by atoms with Crippen molar-refractivity contribution in [3.63, 3.8) is 0 Å². The summed E-state index contributed by atoms with van der Waals surface area (Å²) in [5.74, 6) is -1.51. The summed E-state index contributed by atoms with van der Waals surface area (Å²) in [7, 11) is -4.76. The van der Waals surface area contributed by atoms with Crippen LogP contribution in [0.4, 0.5) is 0 Å². The number of rotatable bonds is 59. The van der Waals surface area contributed by atoms with E-state index >= 15 is 0 Å². The van der Waals surface area contributed by atoms with Gasteiger partial charge in [-0.25, -0.2) is 4.57 Å². The van der Waals surface area contributed by atoms with Crippen LogP contribution < -0.4 is 0 Å². The number of hydrogen-bond acceptors (Lipinski definition) is 10. The van der Waals surface area contributed by atoms with E-state index in [2.05, 4.69) is 93.7 Å². The van der Waals surface area contributed by atoms with Crippen molar-refractivity contribution in [1.82, 2.24) is 0 Å². The van der Waals surface area contributed by atoms with Crippen LogP contribution in [-0.4, -0.2) is 66.5 Å². The molecule has 0 heterocycles. The van der Waals surface area contributed by atoms with E-state index in [1.165, 1.54) is 141 Å². The number of allylic oxidation sites excluding steroid dienone is 12. The fourth-order valence-corrected chi connectivity index (χ4v) is 9.57. The number of unbranched alkanes of at least 4 members (excludes halogenated alkanes) is 30. The van der Waals surface area contributed by atoms with Gasteiger partial charge in [-0.15, -0.1) is 0 Å². The van der Waals surface area contributed by atoms with Crippen molar-refractivity contribution in [3.05, 3.63) is 72.9 Å². The minimum atomic E-state index is -4.76. The lowest BCUT2D eigenvalue weighted by Crippen LogP contribution is -2.30. The number of carbonyl (C=O) groups excluding carboxylic acids is 3. The minimum Gasteiger partial charge on any atom is -0.462 e. The smallest absolute Gasteiger partial charge is 0.462 e. The minimum absolute atomic E-state index is 0.153. The van der Waals surface area contributed by atoms with Crippen LogP contribution in [0.2, 0.25) is 0 Å². The summed E-state index contributed by atoms with van der Waals surface area (Å²) in [5, 5.41) is 9.85. The summed E-state index contributed by atoms with van der Waals surface area (Å²) in [6, 6.07) is 0. The fourth-order valence-electron chi connectivity index (χ4n) is 8.79. The van der Waals surface area contributed by atoms with E-state index in [4.69, 9.17) is 23.3 Å². The zero-order valence-corrected chi connectivity index (χ0v) is 51.0. The first kappa shape index (κ1) is 74.9. The van der Waals surface area contributed by atoms with Crippen molar-refractivity contribution in [2.45, 2.75) is 303 Å². The number of ether oxygens (including phenoxy) is 3. The van der Waals surface area contributed by atoms with Gasteiger partial charge in [0.2, 0.25) is 0 Å². The molecule has 3 unspecified atom stereocenters. The quantitative estimate of drug-likeness (QED) is 0.0197. The Morgan fingerprint density at radius 2 is 0.667 bits per heavy atom. The summed E-state index contributed by atoms with van der Waals surface area (Å²) < 4.78 is 39.6. The van der Waals surface area contributed by atoms with Gasteiger partial charge in [-0.3, -0.25) is 23.4 Å². The topological polar surface area (TPSA) is 155 Å². The molecular formula is C66H117O11P. The second-order valence-corrected chi connectivity index (χ2v) is 22.7. The third-order valence-electron chi connectivity index (χ3n) is 13.6. The van der Waals surface area contributed by atoms with Gasteiger partial charge in [0.1, 0.15) is 12.7 Å². The molecule has 3 atom stereocenters. The molecule has 0 aromatic rings. The standard InChI is InChI=1S/C66H117O11P/c1-4-7-10-13-16-19-22-25-28-30-31-33-36-39-42-45-48-51-54-57-66(70)77-63(59-73-64(68)55-52-49-46-43-40-37-34-27-24-21-18-15-12-9-6-3)61-75-78(71,72)74-60-62(58-67)76-65(69)56-53-50-47-44-41-38-35-32-29-26-23-20-17-14-11-8-5-2/h9,12,16,18-19,21,25,27-28,34,40,43,62-63,67H,4-8,10-11,13-15,17,20,22-24,26,29-33,35-39,41-42,44-61H2,1-3H3,(H,71,72)/b12-9-,19-16-,21-18-,28-25-,34-27-,43-40-. The lowest BCUT2D eigenvalue weighted by Gasteiger charge is -2.21. The molecule has 0 rings (SSSR count). The third-order valence-corrected chi connectivity index (χ3v) is 14.6. The van der Waals surface area contributed by atoms with E-state index < -0.39 is 57.8 Å². The number of carbonyl (C=O) groups is 3. The highest BCUT2D eigenvalue weighted by molar-refractivity contribution is 7.47. The van der Waals surface area contributed by atoms with Gasteiger partial charge in [-0.1, -0.05) is 254 Å². The van der Waals surface area contributed by atoms with Crippen LogP contribution in [0.1, 0.15) is 290 Å². The van der Waals surface area contributed by atoms with Gasteiger partial charge in [0, 0.05) is 19.3 Å². The third kappa shape index (κ3) is 57.6. The molecule has 78 heavy (non-hydrogen) atoms. The first-order valence-electron chi connectivity index (χ1n) is 31.8. The lowest BCUT2D eigenvalue weighted by molar-refractivity contribution is -0.161. The Morgan fingerprint density at radius 1 is 0.372 bits per heavy atom. The molecule has 0 aliphatic rings. The highest BCUT2D eigenvalue weighted by Gasteiger charge is 2.28. The average Bonchev–Trinajstić information content (AvgIpc) is 3.43. The maximum Gasteiger partial charge on any atom is 0.472 e. The van der Waals surface area contributed by atoms with E-state index in [0.29, 0.717) is 19.3 Å². The Labute approximate surface area is 478 Å². The van der Waals surface area contributed by atoms with Crippen LogP contribution in [0.3, 0.4) is 0 Å². The molecule has 0 fully saturated rings. The molecule has 0 aromatic carbocycles.